The van der Waals surface area contributed by atoms with E-state index in [1.807, 2.05) is 12.1 Å². The van der Waals surface area contributed by atoms with E-state index in [1.54, 1.807) is 13.8 Å². The van der Waals surface area contributed by atoms with Gasteiger partial charge >= 0.3 is 6.18 Å². The summed E-state index contributed by atoms with van der Waals surface area (Å²) in [4.78, 5) is 0. The Morgan fingerprint density at radius 3 is 1.95 bits per heavy atom. The van der Waals surface area contributed by atoms with Crippen LogP contribution in [0.1, 0.15) is 37.5 Å². The van der Waals surface area contributed by atoms with Crippen LogP contribution in [0.2, 0.25) is 0 Å². The van der Waals surface area contributed by atoms with Crippen LogP contribution in [0.3, 0.4) is 0 Å². The first-order valence-corrected chi connectivity index (χ1v) is 6.53. The number of hydrogen-bond acceptors (Lipinski definition) is 2. The van der Waals surface area contributed by atoms with Crippen molar-refractivity contribution in [2.45, 2.75) is 52.9 Å². The van der Waals surface area contributed by atoms with Gasteiger partial charge in [-0.05, 0) is 51.3 Å². The van der Waals surface area contributed by atoms with Crippen LogP contribution in [0.4, 0.5) is 13.2 Å². The SMILES string of the molecule is Cc1cc(CNC(C)(C)C)cc(C)c1OCC(F)(F)F. The molecule has 114 valence electrons. The zero-order valence-corrected chi connectivity index (χ0v) is 12.6. The molecule has 1 N–H and O–H groups in total. The molecule has 0 saturated heterocycles. The molecule has 0 heterocycles. The molecule has 0 spiro atoms. The number of halogens is 3. The molecular formula is C15H22F3NO. The molecule has 5 heteroatoms. The van der Waals surface area contributed by atoms with Crippen molar-refractivity contribution in [2.75, 3.05) is 6.61 Å². The number of alkyl halides is 3. The number of nitrogens with one attached hydrogen (secondary N) is 1. The van der Waals surface area contributed by atoms with Gasteiger partial charge in [0.25, 0.3) is 0 Å². The summed E-state index contributed by atoms with van der Waals surface area (Å²) >= 11 is 0. The summed E-state index contributed by atoms with van der Waals surface area (Å²) in [6, 6.07) is 3.72. The van der Waals surface area contributed by atoms with Gasteiger partial charge in [-0.25, -0.2) is 0 Å². The van der Waals surface area contributed by atoms with Crippen molar-refractivity contribution < 1.29 is 17.9 Å². The molecule has 20 heavy (non-hydrogen) atoms. The van der Waals surface area contributed by atoms with Gasteiger partial charge in [-0.2, -0.15) is 13.2 Å². The van der Waals surface area contributed by atoms with E-state index in [1.165, 1.54) is 0 Å². The lowest BCUT2D eigenvalue weighted by Crippen LogP contribution is -2.35. The van der Waals surface area contributed by atoms with Crippen LogP contribution >= 0.6 is 0 Å². The number of ether oxygens (including phenoxy) is 1. The standard InChI is InChI=1S/C15H22F3NO/c1-10-6-12(8-19-14(3,4)5)7-11(2)13(10)20-9-15(16,17)18/h6-7,19H,8-9H2,1-5H3. The molecule has 1 rings (SSSR count). The van der Waals surface area contributed by atoms with Gasteiger partial charge < -0.3 is 10.1 Å². The predicted molar refractivity (Wildman–Crippen MR) is 74.1 cm³/mol. The molecule has 1 aromatic carbocycles. The van der Waals surface area contributed by atoms with E-state index >= 15 is 0 Å². The van der Waals surface area contributed by atoms with Crippen LogP contribution in [0, 0.1) is 13.8 Å². The zero-order valence-electron chi connectivity index (χ0n) is 12.6. The van der Waals surface area contributed by atoms with Crippen LogP contribution in [-0.2, 0) is 6.54 Å². The summed E-state index contributed by atoms with van der Waals surface area (Å²) in [6.07, 6.45) is -4.31. The number of benzene rings is 1. The lowest BCUT2D eigenvalue weighted by atomic mass is 10.0. The molecule has 0 fully saturated rings. The van der Waals surface area contributed by atoms with E-state index in [0.717, 1.165) is 16.7 Å². The highest BCUT2D eigenvalue weighted by atomic mass is 19.4. The second-order valence-corrected chi connectivity index (χ2v) is 6.07. The molecule has 0 saturated carbocycles. The van der Waals surface area contributed by atoms with E-state index in [-0.39, 0.29) is 5.54 Å². The van der Waals surface area contributed by atoms with Crippen molar-refractivity contribution in [3.8, 4) is 5.75 Å². The van der Waals surface area contributed by atoms with Crippen molar-refractivity contribution in [3.05, 3.63) is 28.8 Å². The molecule has 0 bridgehead atoms. The Balaban J connectivity index is 2.81. The summed E-state index contributed by atoms with van der Waals surface area (Å²) in [5.74, 6) is 0.321. The maximum absolute atomic E-state index is 12.2. The van der Waals surface area contributed by atoms with E-state index in [9.17, 15) is 13.2 Å². The van der Waals surface area contributed by atoms with E-state index < -0.39 is 12.8 Å². The van der Waals surface area contributed by atoms with Crippen LogP contribution in [0.25, 0.3) is 0 Å². The van der Waals surface area contributed by atoms with Crippen molar-refractivity contribution in [3.63, 3.8) is 0 Å². The van der Waals surface area contributed by atoms with Gasteiger partial charge in [0.2, 0.25) is 0 Å². The fourth-order valence-electron chi connectivity index (χ4n) is 1.89. The summed E-state index contributed by atoms with van der Waals surface area (Å²) in [7, 11) is 0. The molecule has 0 aromatic heterocycles. The zero-order chi connectivity index (χ0) is 15.6. The highest BCUT2D eigenvalue weighted by molar-refractivity contribution is 5.43. The van der Waals surface area contributed by atoms with Crippen LogP contribution in [-0.4, -0.2) is 18.3 Å². The Kier molecular flexibility index (Phi) is 5.08. The molecule has 0 atom stereocenters. The first-order valence-electron chi connectivity index (χ1n) is 6.53. The minimum Gasteiger partial charge on any atom is -0.484 e. The van der Waals surface area contributed by atoms with Gasteiger partial charge in [0.15, 0.2) is 6.61 Å². The third-order valence-corrected chi connectivity index (χ3v) is 2.72. The van der Waals surface area contributed by atoms with Crippen molar-refractivity contribution in [2.24, 2.45) is 0 Å². The number of hydrogen-bond donors (Lipinski definition) is 1. The maximum Gasteiger partial charge on any atom is 0.422 e. The molecular weight excluding hydrogens is 267 g/mol. The highest BCUT2D eigenvalue weighted by Gasteiger charge is 2.29. The van der Waals surface area contributed by atoms with Crippen LogP contribution in [0.15, 0.2) is 12.1 Å². The average molecular weight is 289 g/mol. The summed E-state index contributed by atoms with van der Waals surface area (Å²) < 4.78 is 41.5. The fourth-order valence-corrected chi connectivity index (χ4v) is 1.89. The van der Waals surface area contributed by atoms with Crippen molar-refractivity contribution in [1.82, 2.24) is 5.32 Å². The molecule has 0 unspecified atom stereocenters. The first kappa shape index (κ1) is 16.8. The van der Waals surface area contributed by atoms with Gasteiger partial charge in [0.05, 0.1) is 0 Å². The van der Waals surface area contributed by atoms with Crippen LogP contribution in [0.5, 0.6) is 5.75 Å². The Hall–Kier alpha value is -1.23. The molecule has 0 radical (unpaired) electrons. The second-order valence-electron chi connectivity index (χ2n) is 6.07. The topological polar surface area (TPSA) is 21.3 Å². The normalized spacial score (nSPS) is 12.6. The molecule has 0 aliphatic rings. The predicted octanol–water partition coefficient (Wildman–Crippen LogP) is 4.13. The summed E-state index contributed by atoms with van der Waals surface area (Å²) in [5, 5.41) is 3.35. The minimum absolute atomic E-state index is 0.00668. The summed E-state index contributed by atoms with van der Waals surface area (Å²) in [6.45, 7) is 9.13. The van der Waals surface area contributed by atoms with Gasteiger partial charge in [-0.1, -0.05) is 12.1 Å². The smallest absolute Gasteiger partial charge is 0.422 e. The molecule has 1 aromatic rings. The van der Waals surface area contributed by atoms with Crippen LogP contribution < -0.4 is 10.1 Å². The van der Waals surface area contributed by atoms with Gasteiger partial charge in [0, 0.05) is 12.1 Å². The van der Waals surface area contributed by atoms with Crippen molar-refractivity contribution in [1.29, 1.82) is 0 Å². The largest absolute Gasteiger partial charge is 0.484 e. The van der Waals surface area contributed by atoms with E-state index in [2.05, 4.69) is 26.1 Å². The van der Waals surface area contributed by atoms with Gasteiger partial charge in [0.1, 0.15) is 5.75 Å². The molecule has 0 amide bonds. The number of rotatable bonds is 4. The Morgan fingerprint density at radius 1 is 1.05 bits per heavy atom. The quantitative estimate of drug-likeness (QED) is 0.899. The van der Waals surface area contributed by atoms with E-state index in [0.29, 0.717) is 12.3 Å². The lowest BCUT2D eigenvalue weighted by molar-refractivity contribution is -0.153. The van der Waals surface area contributed by atoms with Gasteiger partial charge in [-0.3, -0.25) is 0 Å². The second kappa shape index (κ2) is 6.04. The maximum atomic E-state index is 12.2. The fraction of sp³-hybridized carbons (Fsp3) is 0.600. The first-order chi connectivity index (χ1) is 8.98. The minimum atomic E-state index is -4.31. The Morgan fingerprint density at radius 2 is 1.55 bits per heavy atom. The molecule has 2 nitrogen and oxygen atoms in total. The van der Waals surface area contributed by atoms with Gasteiger partial charge in [-0.15, -0.1) is 0 Å². The van der Waals surface area contributed by atoms with E-state index in [4.69, 9.17) is 4.74 Å². The lowest BCUT2D eigenvalue weighted by Gasteiger charge is -2.21. The average Bonchev–Trinajstić information content (AvgIpc) is 2.22. The van der Waals surface area contributed by atoms with Crippen molar-refractivity contribution >= 4 is 0 Å². The Labute approximate surface area is 118 Å². The summed E-state index contributed by atoms with van der Waals surface area (Å²) in [5.41, 5.74) is 2.47. The third-order valence-electron chi connectivity index (χ3n) is 2.72. The molecule has 0 aliphatic carbocycles. The Bertz CT molecular complexity index is 438. The third kappa shape index (κ3) is 5.82. The molecule has 0 aliphatic heterocycles. The monoisotopic (exact) mass is 289 g/mol. The highest BCUT2D eigenvalue weighted by Crippen LogP contribution is 2.27. The number of aryl methyl sites for hydroxylation is 2.